The molecule has 0 atom stereocenters. The van der Waals surface area contributed by atoms with Gasteiger partial charge in [-0.3, -0.25) is 4.79 Å². The van der Waals surface area contributed by atoms with Gasteiger partial charge in [0.1, 0.15) is 0 Å². The molecule has 12 heavy (non-hydrogen) atoms. The summed E-state index contributed by atoms with van der Waals surface area (Å²) in [6.45, 7) is 3.74. The lowest BCUT2D eigenvalue weighted by Crippen LogP contribution is -2.56. The smallest absolute Gasteiger partial charge is 0.382 e. The number of rotatable bonds is 5. The Morgan fingerprint density at radius 2 is 1.83 bits per heavy atom. The van der Waals surface area contributed by atoms with E-state index in [2.05, 4.69) is 4.98 Å². The molecular formula is C7H17NO3Si. The van der Waals surface area contributed by atoms with Crippen molar-refractivity contribution in [3.63, 3.8) is 0 Å². The molecular weight excluding hydrogens is 174 g/mol. The Bertz CT molecular complexity index is 139. The summed E-state index contributed by atoms with van der Waals surface area (Å²) in [4.78, 5) is 13.9. The second-order valence-corrected chi connectivity index (χ2v) is 5.70. The van der Waals surface area contributed by atoms with Crippen molar-refractivity contribution in [3.8, 4) is 0 Å². The second-order valence-electron chi connectivity index (χ2n) is 2.42. The molecule has 5 heteroatoms. The van der Waals surface area contributed by atoms with E-state index in [9.17, 15) is 4.79 Å². The molecule has 0 aliphatic rings. The van der Waals surface area contributed by atoms with Crippen LogP contribution in [0.2, 0.25) is 6.04 Å². The van der Waals surface area contributed by atoms with Crippen LogP contribution in [0.1, 0.15) is 20.3 Å². The van der Waals surface area contributed by atoms with Gasteiger partial charge in [-0.05, 0) is 0 Å². The normalized spacial score (nSPS) is 11.3. The van der Waals surface area contributed by atoms with E-state index in [-0.39, 0.29) is 5.91 Å². The van der Waals surface area contributed by atoms with Crippen LogP contribution >= 0.6 is 0 Å². The molecule has 0 bridgehead atoms. The van der Waals surface area contributed by atoms with E-state index in [1.165, 1.54) is 0 Å². The molecule has 0 unspecified atom stereocenters. The maximum Gasteiger partial charge on any atom is 0.458 e. The van der Waals surface area contributed by atoms with Gasteiger partial charge >= 0.3 is 8.72 Å². The van der Waals surface area contributed by atoms with E-state index in [1.54, 1.807) is 21.1 Å². The first-order valence-corrected chi connectivity index (χ1v) is 6.07. The van der Waals surface area contributed by atoms with Crippen molar-refractivity contribution in [3.05, 3.63) is 0 Å². The van der Waals surface area contributed by atoms with Crippen LogP contribution in [0.3, 0.4) is 0 Å². The zero-order valence-corrected chi connectivity index (χ0v) is 9.14. The third kappa shape index (κ3) is 2.92. The van der Waals surface area contributed by atoms with Gasteiger partial charge in [0.25, 0.3) is 0 Å². The van der Waals surface area contributed by atoms with Crippen LogP contribution in [0, 0.1) is 0 Å². The molecule has 72 valence electrons. The van der Waals surface area contributed by atoms with Crippen molar-refractivity contribution in [2.45, 2.75) is 26.3 Å². The summed E-state index contributed by atoms with van der Waals surface area (Å²) in [6, 6.07) is 0.714. The summed E-state index contributed by atoms with van der Waals surface area (Å²) in [5, 5.41) is 0. The monoisotopic (exact) mass is 191 g/mol. The molecule has 0 saturated carbocycles. The van der Waals surface area contributed by atoms with Gasteiger partial charge in [-0.1, -0.05) is 13.8 Å². The topological polar surface area (TPSA) is 47.6 Å². The zero-order chi connectivity index (χ0) is 9.61. The summed E-state index contributed by atoms with van der Waals surface area (Å²) in [5.74, 6) is -0.0211. The van der Waals surface area contributed by atoms with Crippen molar-refractivity contribution in [2.75, 3.05) is 14.2 Å². The van der Waals surface area contributed by atoms with Crippen molar-refractivity contribution in [2.24, 2.45) is 0 Å². The highest BCUT2D eigenvalue weighted by Gasteiger charge is 2.35. The zero-order valence-electron chi connectivity index (χ0n) is 8.14. The standard InChI is InChI=1S/C7H17NO3Si/c1-5-7(9)8-12(6-2,10-3)11-4/h5-6H2,1-4H3,(H,8,9). The fraction of sp³-hybridized carbons (Fsp3) is 0.857. The fourth-order valence-electron chi connectivity index (χ4n) is 0.863. The number of nitrogens with one attached hydrogen (secondary N) is 1. The number of amides is 1. The highest BCUT2D eigenvalue weighted by Crippen LogP contribution is 2.06. The van der Waals surface area contributed by atoms with Crippen LogP contribution in [-0.4, -0.2) is 28.8 Å². The SMILES string of the molecule is CCC(=O)N[Si](CC)(OC)OC. The van der Waals surface area contributed by atoms with Gasteiger partial charge in [0.15, 0.2) is 0 Å². The third-order valence-electron chi connectivity index (χ3n) is 1.78. The van der Waals surface area contributed by atoms with Gasteiger partial charge in [-0.2, -0.15) is 0 Å². The van der Waals surface area contributed by atoms with Gasteiger partial charge < -0.3 is 13.8 Å². The Hall–Kier alpha value is -0.393. The maximum atomic E-state index is 11.1. The molecule has 1 N–H and O–H groups in total. The molecule has 0 fully saturated rings. The van der Waals surface area contributed by atoms with Crippen LogP contribution < -0.4 is 4.98 Å². The van der Waals surface area contributed by atoms with E-state index in [0.29, 0.717) is 12.5 Å². The molecule has 0 spiro atoms. The molecule has 0 aliphatic carbocycles. The summed E-state index contributed by atoms with van der Waals surface area (Å²) >= 11 is 0. The number of carbonyl (C=O) groups is 1. The minimum absolute atomic E-state index is 0.0211. The predicted octanol–water partition coefficient (Wildman–Crippen LogP) is 0.764. The largest absolute Gasteiger partial charge is 0.458 e. The molecule has 4 nitrogen and oxygen atoms in total. The summed E-state index contributed by atoms with van der Waals surface area (Å²) in [7, 11) is 0.728. The highest BCUT2D eigenvalue weighted by atomic mass is 28.4. The Kier molecular flexibility index (Phi) is 5.11. The summed E-state index contributed by atoms with van der Waals surface area (Å²) < 4.78 is 10.4. The number of hydrogen-bond donors (Lipinski definition) is 1. The molecule has 0 rings (SSSR count). The van der Waals surface area contributed by atoms with E-state index >= 15 is 0 Å². The van der Waals surface area contributed by atoms with Crippen LogP contribution in [-0.2, 0) is 13.6 Å². The van der Waals surface area contributed by atoms with Crippen LogP contribution in [0.25, 0.3) is 0 Å². The number of carbonyl (C=O) groups excluding carboxylic acids is 1. The Balaban J connectivity index is 4.19. The first-order chi connectivity index (χ1) is 5.64. The van der Waals surface area contributed by atoms with Gasteiger partial charge in [0, 0.05) is 26.7 Å². The summed E-state index contributed by atoms with van der Waals surface area (Å²) in [5.41, 5.74) is 0. The molecule has 1 amide bonds. The molecule has 0 saturated heterocycles. The van der Waals surface area contributed by atoms with Crippen molar-refractivity contribution in [1.82, 2.24) is 4.98 Å². The van der Waals surface area contributed by atoms with E-state index < -0.39 is 8.72 Å². The highest BCUT2D eigenvalue weighted by molar-refractivity contribution is 6.67. The fourth-order valence-corrected chi connectivity index (χ4v) is 2.59. The lowest BCUT2D eigenvalue weighted by Gasteiger charge is -2.25. The Morgan fingerprint density at radius 1 is 1.33 bits per heavy atom. The second kappa shape index (κ2) is 5.29. The lowest BCUT2D eigenvalue weighted by molar-refractivity contribution is -0.119. The Morgan fingerprint density at radius 3 is 2.08 bits per heavy atom. The average Bonchev–Trinajstić information content (AvgIpc) is 2.14. The minimum atomic E-state index is -2.40. The lowest BCUT2D eigenvalue weighted by atomic mass is 10.5. The molecule has 0 aromatic carbocycles. The Labute approximate surface area is 74.6 Å². The van der Waals surface area contributed by atoms with Crippen LogP contribution in [0.5, 0.6) is 0 Å². The third-order valence-corrected chi connectivity index (χ3v) is 4.69. The number of hydrogen-bond acceptors (Lipinski definition) is 3. The van der Waals surface area contributed by atoms with Crippen molar-refractivity contribution in [1.29, 1.82) is 0 Å². The quantitative estimate of drug-likeness (QED) is 0.653. The first kappa shape index (κ1) is 11.6. The molecule has 0 aromatic heterocycles. The van der Waals surface area contributed by atoms with Crippen molar-refractivity contribution < 1.29 is 13.6 Å². The van der Waals surface area contributed by atoms with Gasteiger partial charge in [-0.15, -0.1) is 0 Å². The van der Waals surface area contributed by atoms with Gasteiger partial charge in [0.05, 0.1) is 0 Å². The maximum absolute atomic E-state index is 11.1. The predicted molar refractivity (Wildman–Crippen MR) is 48.7 cm³/mol. The summed E-state index contributed by atoms with van der Waals surface area (Å²) in [6.07, 6.45) is 0.460. The average molecular weight is 191 g/mol. The molecule has 0 heterocycles. The van der Waals surface area contributed by atoms with E-state index in [1.807, 2.05) is 6.92 Å². The van der Waals surface area contributed by atoms with E-state index in [4.69, 9.17) is 8.85 Å². The first-order valence-electron chi connectivity index (χ1n) is 4.05. The minimum Gasteiger partial charge on any atom is -0.382 e. The van der Waals surface area contributed by atoms with E-state index in [0.717, 1.165) is 0 Å². The molecule has 0 aromatic rings. The van der Waals surface area contributed by atoms with Gasteiger partial charge in [-0.25, -0.2) is 0 Å². The van der Waals surface area contributed by atoms with Crippen molar-refractivity contribution >= 4 is 14.6 Å². The van der Waals surface area contributed by atoms with Crippen LogP contribution in [0.4, 0.5) is 0 Å². The molecule has 0 radical (unpaired) electrons. The molecule has 0 aliphatic heterocycles. The van der Waals surface area contributed by atoms with Crippen LogP contribution in [0.15, 0.2) is 0 Å². The van der Waals surface area contributed by atoms with Gasteiger partial charge in [0.2, 0.25) is 5.91 Å².